The highest BCUT2D eigenvalue weighted by molar-refractivity contribution is 5.61. The van der Waals surface area contributed by atoms with Gasteiger partial charge in [0.25, 0.3) is 0 Å². The molecule has 2 nitrogen and oxygen atoms in total. The van der Waals surface area contributed by atoms with Crippen molar-refractivity contribution in [3.63, 3.8) is 0 Å². The first-order chi connectivity index (χ1) is 5.74. The van der Waals surface area contributed by atoms with E-state index < -0.39 is 0 Å². The number of hydrogen-bond donors (Lipinski definition) is 0. The highest BCUT2D eigenvalue weighted by Crippen LogP contribution is 2.11. The largest absolute Gasteiger partial charge is 0.504 e. The average Bonchev–Trinajstić information content (AvgIpc) is 2.06. The molecule has 0 aliphatic carbocycles. The molecule has 0 saturated carbocycles. The van der Waals surface area contributed by atoms with E-state index in [-0.39, 0.29) is 0 Å². The van der Waals surface area contributed by atoms with Gasteiger partial charge in [-0.15, -0.1) is 0 Å². The molecule has 0 bridgehead atoms. The minimum absolute atomic E-state index is 1.03. The number of aryl methyl sites for hydroxylation is 1. The van der Waals surface area contributed by atoms with E-state index in [9.17, 15) is 0 Å². The van der Waals surface area contributed by atoms with E-state index in [0.29, 0.717) is 0 Å². The lowest BCUT2D eigenvalue weighted by atomic mass is 10.1. The second-order valence-corrected chi connectivity index (χ2v) is 2.72. The predicted molar refractivity (Wildman–Crippen MR) is 49.6 cm³/mol. The molecule has 0 spiro atoms. The van der Waals surface area contributed by atoms with Crippen LogP contribution in [0.2, 0.25) is 0 Å². The Morgan fingerprint density at radius 3 is 2.75 bits per heavy atom. The summed E-state index contributed by atoms with van der Waals surface area (Å²) in [5.74, 6) is 0. The van der Waals surface area contributed by atoms with Gasteiger partial charge in [0.05, 0.1) is 13.4 Å². The van der Waals surface area contributed by atoms with Gasteiger partial charge in [-0.25, -0.2) is 0 Å². The first-order valence-corrected chi connectivity index (χ1v) is 3.86. The number of ether oxygens (including phenoxy) is 1. The van der Waals surface area contributed by atoms with Crippen LogP contribution in [0.3, 0.4) is 0 Å². The zero-order valence-corrected chi connectivity index (χ0v) is 7.66. The molecule has 1 aromatic heterocycles. The van der Waals surface area contributed by atoms with Gasteiger partial charge in [0.1, 0.15) is 0 Å². The van der Waals surface area contributed by atoms with Crippen LogP contribution in [0.5, 0.6) is 0 Å². The highest BCUT2D eigenvalue weighted by atomic mass is 16.5. The Balaban J connectivity index is 2.89. The highest BCUT2D eigenvalue weighted by Gasteiger charge is 1.94. The van der Waals surface area contributed by atoms with Crippen molar-refractivity contribution in [1.29, 1.82) is 0 Å². The van der Waals surface area contributed by atoms with Crippen molar-refractivity contribution < 1.29 is 4.74 Å². The summed E-state index contributed by atoms with van der Waals surface area (Å²) in [4.78, 5) is 4.19. The maximum absolute atomic E-state index is 4.90. The van der Waals surface area contributed by atoms with Gasteiger partial charge in [0.15, 0.2) is 0 Å². The third-order valence-corrected chi connectivity index (χ3v) is 1.66. The monoisotopic (exact) mass is 163 g/mol. The third-order valence-electron chi connectivity index (χ3n) is 1.66. The number of pyridine rings is 1. The molecule has 0 fully saturated rings. The first-order valence-electron chi connectivity index (χ1n) is 3.86. The fourth-order valence-electron chi connectivity index (χ4n) is 0.946. The van der Waals surface area contributed by atoms with Crippen molar-refractivity contribution in [2.45, 2.75) is 13.8 Å². The minimum Gasteiger partial charge on any atom is -0.504 e. The van der Waals surface area contributed by atoms with E-state index in [2.05, 4.69) is 4.98 Å². The lowest BCUT2D eigenvalue weighted by molar-refractivity contribution is 0.339. The predicted octanol–water partition coefficient (Wildman–Crippen LogP) is 2.40. The molecule has 64 valence electrons. The number of methoxy groups -OCH3 is 1. The van der Waals surface area contributed by atoms with Crippen LogP contribution >= 0.6 is 0 Å². The van der Waals surface area contributed by atoms with Crippen LogP contribution in [0, 0.1) is 6.92 Å². The summed E-state index contributed by atoms with van der Waals surface area (Å²) < 4.78 is 4.90. The second kappa shape index (κ2) is 3.90. The Hall–Kier alpha value is -1.31. The molecule has 0 atom stereocenters. The summed E-state index contributed by atoms with van der Waals surface area (Å²) in [6.45, 7) is 3.97. The van der Waals surface area contributed by atoms with Crippen LogP contribution in [0.1, 0.15) is 18.2 Å². The van der Waals surface area contributed by atoms with Crippen molar-refractivity contribution in [2.24, 2.45) is 0 Å². The maximum Gasteiger partial charge on any atom is 0.0860 e. The fourth-order valence-corrected chi connectivity index (χ4v) is 0.946. The molecule has 0 aliphatic heterocycles. The van der Waals surface area contributed by atoms with Gasteiger partial charge >= 0.3 is 0 Å². The first kappa shape index (κ1) is 8.78. The molecular formula is C10H13NO. The van der Waals surface area contributed by atoms with E-state index >= 15 is 0 Å². The summed E-state index contributed by atoms with van der Waals surface area (Å²) in [6, 6.07) is 4.02. The van der Waals surface area contributed by atoms with Crippen LogP contribution in [0.15, 0.2) is 24.6 Å². The number of allylic oxidation sites excluding steroid dienone is 1. The van der Waals surface area contributed by atoms with Crippen LogP contribution in [-0.4, -0.2) is 12.1 Å². The van der Waals surface area contributed by atoms with Gasteiger partial charge in [0.2, 0.25) is 0 Å². The van der Waals surface area contributed by atoms with E-state index in [1.165, 1.54) is 0 Å². The second-order valence-electron chi connectivity index (χ2n) is 2.72. The molecule has 0 aliphatic rings. The molecule has 1 rings (SSSR count). The SMILES string of the molecule is COC=C(C)c1ccc(C)nc1. The molecular weight excluding hydrogens is 150 g/mol. The van der Waals surface area contributed by atoms with Gasteiger partial charge in [-0.1, -0.05) is 6.07 Å². The van der Waals surface area contributed by atoms with Gasteiger partial charge in [-0.05, 0) is 31.1 Å². The van der Waals surface area contributed by atoms with Crippen LogP contribution in [0.4, 0.5) is 0 Å². The Morgan fingerprint density at radius 2 is 2.25 bits per heavy atom. The number of rotatable bonds is 2. The summed E-state index contributed by atoms with van der Waals surface area (Å²) >= 11 is 0. The van der Waals surface area contributed by atoms with E-state index in [0.717, 1.165) is 16.8 Å². The van der Waals surface area contributed by atoms with Gasteiger partial charge in [0, 0.05) is 11.9 Å². The summed E-state index contributed by atoms with van der Waals surface area (Å²) in [5, 5.41) is 0. The number of hydrogen-bond acceptors (Lipinski definition) is 2. The van der Waals surface area contributed by atoms with Gasteiger partial charge in [-0.2, -0.15) is 0 Å². The minimum atomic E-state index is 1.03. The van der Waals surface area contributed by atoms with E-state index in [1.54, 1.807) is 13.4 Å². The summed E-state index contributed by atoms with van der Waals surface area (Å²) in [6.07, 6.45) is 3.56. The number of aromatic nitrogens is 1. The molecule has 0 saturated heterocycles. The molecule has 0 N–H and O–H groups in total. The summed E-state index contributed by atoms with van der Waals surface area (Å²) in [7, 11) is 1.64. The standard InChI is InChI=1S/C10H13NO/c1-8(7-12-3)10-5-4-9(2)11-6-10/h4-7H,1-3H3. The van der Waals surface area contributed by atoms with Crippen molar-refractivity contribution in [1.82, 2.24) is 4.98 Å². The van der Waals surface area contributed by atoms with Crippen LogP contribution in [-0.2, 0) is 4.74 Å². The van der Waals surface area contributed by atoms with Crippen molar-refractivity contribution in [3.8, 4) is 0 Å². The van der Waals surface area contributed by atoms with Crippen LogP contribution in [0.25, 0.3) is 5.57 Å². The van der Waals surface area contributed by atoms with Crippen molar-refractivity contribution in [3.05, 3.63) is 35.8 Å². The fraction of sp³-hybridized carbons (Fsp3) is 0.300. The van der Waals surface area contributed by atoms with Crippen LogP contribution < -0.4 is 0 Å². The molecule has 2 heteroatoms. The molecule has 1 heterocycles. The molecule has 1 aromatic rings. The Kier molecular flexibility index (Phi) is 2.86. The molecule has 0 aromatic carbocycles. The van der Waals surface area contributed by atoms with Gasteiger partial charge < -0.3 is 4.74 Å². The molecule has 0 amide bonds. The van der Waals surface area contributed by atoms with E-state index in [4.69, 9.17) is 4.74 Å². The molecule has 12 heavy (non-hydrogen) atoms. The Labute approximate surface area is 72.9 Å². The normalized spacial score (nSPS) is 11.4. The zero-order valence-electron chi connectivity index (χ0n) is 7.66. The average molecular weight is 163 g/mol. The lowest BCUT2D eigenvalue weighted by Crippen LogP contribution is -1.84. The molecule has 0 radical (unpaired) electrons. The smallest absolute Gasteiger partial charge is 0.0860 e. The Morgan fingerprint density at radius 1 is 1.50 bits per heavy atom. The quantitative estimate of drug-likeness (QED) is 0.624. The third kappa shape index (κ3) is 2.09. The topological polar surface area (TPSA) is 22.1 Å². The molecule has 0 unspecified atom stereocenters. The van der Waals surface area contributed by atoms with Crippen molar-refractivity contribution >= 4 is 5.57 Å². The van der Waals surface area contributed by atoms with Gasteiger partial charge in [-0.3, -0.25) is 4.98 Å². The lowest BCUT2D eigenvalue weighted by Gasteiger charge is -2.00. The summed E-state index contributed by atoms with van der Waals surface area (Å²) in [5.41, 5.74) is 3.22. The van der Waals surface area contributed by atoms with E-state index in [1.807, 2.05) is 32.2 Å². The van der Waals surface area contributed by atoms with Crippen molar-refractivity contribution in [2.75, 3.05) is 7.11 Å². The maximum atomic E-state index is 4.90. The Bertz CT molecular complexity index is 274. The number of nitrogens with zero attached hydrogens (tertiary/aromatic N) is 1. The zero-order chi connectivity index (χ0) is 8.97.